The largest absolute Gasteiger partial charge is 0.460 e. The molecule has 0 aliphatic rings. The van der Waals surface area contributed by atoms with Crippen molar-refractivity contribution in [2.24, 2.45) is 0 Å². The molecule has 0 aromatic heterocycles. The minimum Gasteiger partial charge on any atom is -0.460 e. The monoisotopic (exact) mass is 506 g/mol. The maximum atomic E-state index is 12.0. The topological polar surface area (TPSA) is 170 Å². The molecule has 4 N–H and O–H groups in total. The Morgan fingerprint density at radius 3 is 1.51 bits per heavy atom. The first-order valence-electron chi connectivity index (χ1n) is 11.2. The smallest absolute Gasteiger partial charge is 0.339 e. The second-order valence-electron chi connectivity index (χ2n) is 6.69. The lowest BCUT2D eigenvalue weighted by Gasteiger charge is -2.11. The predicted molar refractivity (Wildman–Crippen MR) is 123 cm³/mol. The molecule has 1 atom stereocenters. The van der Waals surface area contributed by atoms with Crippen molar-refractivity contribution in [3.63, 3.8) is 0 Å². The number of carbonyl (C=O) groups is 2. The van der Waals surface area contributed by atoms with E-state index >= 15 is 0 Å². The van der Waals surface area contributed by atoms with Crippen LogP contribution in [0.3, 0.4) is 0 Å². The van der Waals surface area contributed by atoms with Gasteiger partial charge in [-0.15, -0.1) is 0 Å². The highest BCUT2D eigenvalue weighted by Gasteiger charge is 2.18. The van der Waals surface area contributed by atoms with Gasteiger partial charge in [0.15, 0.2) is 0 Å². The molecule has 0 amide bonds. The molecular formula is C23H38O12. The van der Waals surface area contributed by atoms with Crippen LogP contribution in [0.2, 0.25) is 0 Å². The Bertz CT molecular complexity index is 610. The minimum absolute atomic E-state index is 0.0111. The van der Waals surface area contributed by atoms with Crippen molar-refractivity contribution < 1.29 is 58.4 Å². The third-order valence-electron chi connectivity index (χ3n) is 3.84. The molecule has 35 heavy (non-hydrogen) atoms. The van der Waals surface area contributed by atoms with Gasteiger partial charge < -0.3 is 48.8 Å². The second-order valence-corrected chi connectivity index (χ2v) is 6.69. The fourth-order valence-corrected chi connectivity index (χ4v) is 2.33. The number of ether oxygens (including phenoxy) is 6. The van der Waals surface area contributed by atoms with Gasteiger partial charge in [-0.05, 0) is 19.1 Å². The Hall–Kier alpha value is -2.16. The Morgan fingerprint density at radius 1 is 0.657 bits per heavy atom. The first kappa shape index (κ1) is 32.8. The third-order valence-corrected chi connectivity index (χ3v) is 3.84. The zero-order valence-electron chi connectivity index (χ0n) is 20.1. The van der Waals surface area contributed by atoms with Gasteiger partial charge in [-0.3, -0.25) is 0 Å². The Labute approximate surface area is 205 Å². The minimum atomic E-state index is -0.660. The van der Waals surface area contributed by atoms with Crippen LogP contribution >= 0.6 is 0 Å². The number of aliphatic hydroxyl groups is 4. The van der Waals surface area contributed by atoms with Crippen molar-refractivity contribution in [1.29, 1.82) is 0 Å². The Balaban J connectivity index is 0.000000883. The number of benzene rings is 1. The molecule has 0 aliphatic carbocycles. The highest BCUT2D eigenvalue weighted by Crippen LogP contribution is 2.12. The van der Waals surface area contributed by atoms with Gasteiger partial charge in [0, 0.05) is 0 Å². The molecule has 1 aromatic carbocycles. The average molecular weight is 507 g/mol. The van der Waals surface area contributed by atoms with Gasteiger partial charge in [0.05, 0.1) is 89.9 Å². The molecular weight excluding hydrogens is 468 g/mol. The van der Waals surface area contributed by atoms with E-state index in [1.807, 2.05) is 6.92 Å². The average Bonchev–Trinajstić information content (AvgIpc) is 2.87. The molecule has 1 rings (SSSR count). The van der Waals surface area contributed by atoms with Crippen LogP contribution in [-0.2, 0) is 28.4 Å². The maximum absolute atomic E-state index is 12.0. The summed E-state index contributed by atoms with van der Waals surface area (Å²) in [5, 5.41) is 33.9. The van der Waals surface area contributed by atoms with E-state index in [4.69, 9.17) is 48.8 Å². The highest BCUT2D eigenvalue weighted by molar-refractivity contribution is 6.03. The summed E-state index contributed by atoms with van der Waals surface area (Å²) >= 11 is 0. The number of hydrogen-bond acceptors (Lipinski definition) is 12. The molecule has 1 aromatic rings. The first-order chi connectivity index (χ1) is 17.0. The second kappa shape index (κ2) is 23.6. The van der Waals surface area contributed by atoms with E-state index in [2.05, 4.69) is 0 Å². The number of carbonyl (C=O) groups excluding carboxylic acids is 2. The van der Waals surface area contributed by atoms with Crippen molar-refractivity contribution in [3.05, 3.63) is 35.4 Å². The molecule has 0 aliphatic heterocycles. The Kier molecular flexibility index (Phi) is 22.1. The maximum Gasteiger partial charge on any atom is 0.339 e. The molecule has 0 radical (unpaired) electrons. The van der Waals surface area contributed by atoms with Crippen LogP contribution in [0.15, 0.2) is 24.3 Å². The fourth-order valence-electron chi connectivity index (χ4n) is 2.33. The van der Waals surface area contributed by atoms with Crippen LogP contribution in [0, 0.1) is 0 Å². The van der Waals surface area contributed by atoms with Crippen LogP contribution < -0.4 is 0 Å². The van der Waals surface area contributed by atoms with Crippen LogP contribution in [-0.4, -0.2) is 124 Å². The fraction of sp³-hybridized carbons (Fsp3) is 0.652. The molecule has 202 valence electrons. The van der Waals surface area contributed by atoms with Gasteiger partial charge in [-0.25, -0.2) is 9.59 Å². The summed E-state index contributed by atoms with van der Waals surface area (Å²) < 4.78 is 30.1. The number of aliphatic hydroxyl groups excluding tert-OH is 4. The highest BCUT2D eigenvalue weighted by atomic mass is 16.6. The molecule has 12 heteroatoms. The van der Waals surface area contributed by atoms with E-state index in [1.165, 1.54) is 12.1 Å². The van der Waals surface area contributed by atoms with Crippen LogP contribution in [0.4, 0.5) is 0 Å². The quantitative estimate of drug-likeness (QED) is 0.139. The molecule has 1 unspecified atom stereocenters. The molecule has 0 fully saturated rings. The van der Waals surface area contributed by atoms with Crippen molar-refractivity contribution in [1.82, 2.24) is 0 Å². The molecule has 0 heterocycles. The first-order valence-corrected chi connectivity index (χ1v) is 11.2. The number of esters is 2. The van der Waals surface area contributed by atoms with E-state index < -0.39 is 11.9 Å². The SMILES string of the molecule is CC(COCCO)OCCO.O=C(OCCOCCO)c1ccccc1C(=O)OCCOCCO. The predicted octanol–water partition coefficient (Wildman–Crippen LogP) is -0.589. The molecule has 0 bridgehead atoms. The lowest BCUT2D eigenvalue weighted by atomic mass is 10.1. The van der Waals surface area contributed by atoms with E-state index in [9.17, 15) is 9.59 Å². The molecule has 0 spiro atoms. The van der Waals surface area contributed by atoms with Crippen molar-refractivity contribution in [2.45, 2.75) is 13.0 Å². The van der Waals surface area contributed by atoms with E-state index in [0.29, 0.717) is 19.8 Å². The van der Waals surface area contributed by atoms with Gasteiger partial charge in [-0.2, -0.15) is 0 Å². The van der Waals surface area contributed by atoms with E-state index in [-0.39, 0.29) is 83.3 Å². The van der Waals surface area contributed by atoms with Crippen LogP contribution in [0.25, 0.3) is 0 Å². The lowest BCUT2D eigenvalue weighted by molar-refractivity contribution is -0.0246. The van der Waals surface area contributed by atoms with Gasteiger partial charge in [0.1, 0.15) is 13.2 Å². The summed E-state index contributed by atoms with van der Waals surface area (Å²) in [6, 6.07) is 6.16. The van der Waals surface area contributed by atoms with Gasteiger partial charge in [0.25, 0.3) is 0 Å². The number of hydrogen-bond donors (Lipinski definition) is 4. The standard InChI is InChI=1S/C16H22O8.C7H16O4/c17-5-7-21-9-11-23-15(19)13-3-1-2-4-14(13)16(20)24-12-10-22-8-6-18;1-7(11-5-3-9)6-10-4-2-8/h1-4,17-18H,5-12H2;7-9H,2-6H2,1H3. The summed E-state index contributed by atoms with van der Waals surface area (Å²) in [7, 11) is 0. The van der Waals surface area contributed by atoms with Gasteiger partial charge in [-0.1, -0.05) is 12.1 Å². The lowest BCUT2D eigenvalue weighted by Crippen LogP contribution is -2.18. The van der Waals surface area contributed by atoms with Gasteiger partial charge in [0.2, 0.25) is 0 Å². The van der Waals surface area contributed by atoms with Crippen molar-refractivity contribution in [2.75, 3.05) is 85.9 Å². The Morgan fingerprint density at radius 2 is 1.09 bits per heavy atom. The summed E-state index contributed by atoms with van der Waals surface area (Å²) in [4.78, 5) is 24.1. The van der Waals surface area contributed by atoms with Gasteiger partial charge >= 0.3 is 11.9 Å². The van der Waals surface area contributed by atoms with Crippen LogP contribution in [0.1, 0.15) is 27.6 Å². The molecule has 12 nitrogen and oxygen atoms in total. The zero-order chi connectivity index (χ0) is 26.2. The third kappa shape index (κ3) is 17.9. The van der Waals surface area contributed by atoms with E-state index in [0.717, 1.165) is 0 Å². The van der Waals surface area contributed by atoms with E-state index in [1.54, 1.807) is 12.1 Å². The summed E-state index contributed by atoms with van der Waals surface area (Å²) in [5.74, 6) is -1.32. The summed E-state index contributed by atoms with van der Waals surface area (Å²) in [5.41, 5.74) is 0.196. The summed E-state index contributed by atoms with van der Waals surface area (Å²) in [6.45, 7) is 3.50. The van der Waals surface area contributed by atoms with Crippen LogP contribution in [0.5, 0.6) is 0 Å². The van der Waals surface area contributed by atoms with Crippen molar-refractivity contribution >= 4 is 11.9 Å². The molecule has 0 saturated carbocycles. The normalized spacial score (nSPS) is 11.3. The molecule has 0 saturated heterocycles. The summed E-state index contributed by atoms with van der Waals surface area (Å²) in [6.07, 6.45) is -0.0197. The number of rotatable bonds is 19. The van der Waals surface area contributed by atoms with Crippen molar-refractivity contribution in [3.8, 4) is 0 Å². The zero-order valence-corrected chi connectivity index (χ0v) is 20.1.